The van der Waals surface area contributed by atoms with Gasteiger partial charge in [-0.3, -0.25) is 0 Å². The molecule has 1 fully saturated rings. The van der Waals surface area contributed by atoms with Crippen molar-refractivity contribution in [2.45, 2.75) is 37.7 Å². The van der Waals surface area contributed by atoms with Crippen molar-refractivity contribution in [3.63, 3.8) is 0 Å². The van der Waals surface area contributed by atoms with Crippen LogP contribution in [0.1, 0.15) is 19.3 Å². The number of nitrogens with one attached hydrogen (secondary N) is 1. The van der Waals surface area contributed by atoms with Crippen LogP contribution in [0.5, 0.6) is 0 Å². The summed E-state index contributed by atoms with van der Waals surface area (Å²) in [5, 5.41) is 2.47. The molecule has 0 spiro atoms. The highest BCUT2D eigenvalue weighted by Gasteiger charge is 2.40. The van der Waals surface area contributed by atoms with E-state index in [0.29, 0.717) is 26.1 Å². The van der Waals surface area contributed by atoms with Gasteiger partial charge in [0.15, 0.2) is 0 Å². The molecule has 1 rings (SSSR count). The van der Waals surface area contributed by atoms with E-state index in [9.17, 15) is 17.6 Å². The summed E-state index contributed by atoms with van der Waals surface area (Å²) in [6, 6.07) is -0.142. The van der Waals surface area contributed by atoms with Crippen molar-refractivity contribution in [3.8, 4) is 0 Å². The van der Waals surface area contributed by atoms with Gasteiger partial charge in [-0.25, -0.2) is 8.78 Å². The maximum atomic E-state index is 12.6. The minimum atomic E-state index is -3.94. The van der Waals surface area contributed by atoms with Crippen molar-refractivity contribution >= 4 is 0 Å². The Morgan fingerprint density at radius 2 is 2.00 bits per heavy atom. The second-order valence-electron chi connectivity index (χ2n) is 3.68. The fraction of sp³-hybridized carbons (Fsp3) is 1.00. The monoisotopic (exact) mass is 229 g/mol. The molecule has 0 aromatic heterocycles. The topological polar surface area (TPSA) is 21.3 Å². The van der Waals surface area contributed by atoms with E-state index in [1.165, 1.54) is 0 Å². The smallest absolute Gasteiger partial charge is 0.319 e. The average molecular weight is 229 g/mol. The first-order valence-corrected chi connectivity index (χ1v) is 4.99. The zero-order chi connectivity index (χ0) is 11.3. The van der Waals surface area contributed by atoms with Gasteiger partial charge in [-0.05, 0) is 19.3 Å². The van der Waals surface area contributed by atoms with Crippen LogP contribution in [0.2, 0.25) is 0 Å². The summed E-state index contributed by atoms with van der Waals surface area (Å²) in [7, 11) is 0. The molecule has 1 atom stereocenters. The lowest BCUT2D eigenvalue weighted by Gasteiger charge is -2.20. The van der Waals surface area contributed by atoms with Gasteiger partial charge in [-0.1, -0.05) is 0 Å². The summed E-state index contributed by atoms with van der Waals surface area (Å²) in [4.78, 5) is 0. The van der Waals surface area contributed by atoms with Crippen molar-refractivity contribution in [2.24, 2.45) is 0 Å². The van der Waals surface area contributed by atoms with Crippen molar-refractivity contribution in [2.75, 3.05) is 19.8 Å². The van der Waals surface area contributed by atoms with Crippen LogP contribution in [0.4, 0.5) is 17.6 Å². The zero-order valence-corrected chi connectivity index (χ0v) is 8.32. The minimum absolute atomic E-state index is 0.142. The molecule has 0 aromatic carbocycles. The Kier molecular flexibility index (Phi) is 4.79. The standard InChI is InChI=1S/C9H15F4NO/c10-8(11)9(12,13)6-14-7-2-1-4-15-5-3-7/h7-8,14H,1-6H2. The third-order valence-electron chi connectivity index (χ3n) is 2.40. The van der Waals surface area contributed by atoms with Gasteiger partial charge in [0.1, 0.15) is 0 Å². The van der Waals surface area contributed by atoms with Crippen molar-refractivity contribution in [3.05, 3.63) is 0 Å². The number of alkyl halides is 4. The molecular formula is C9H15F4NO. The van der Waals surface area contributed by atoms with Crippen LogP contribution in [0.3, 0.4) is 0 Å². The molecule has 0 bridgehead atoms. The van der Waals surface area contributed by atoms with Crippen molar-refractivity contribution in [1.29, 1.82) is 0 Å². The third-order valence-corrected chi connectivity index (χ3v) is 2.40. The molecule has 15 heavy (non-hydrogen) atoms. The van der Waals surface area contributed by atoms with Crippen LogP contribution < -0.4 is 5.32 Å². The first kappa shape index (κ1) is 12.7. The number of hydrogen-bond donors (Lipinski definition) is 1. The normalized spacial score (nSPS) is 24.2. The van der Waals surface area contributed by atoms with Gasteiger partial charge in [-0.2, -0.15) is 8.78 Å². The lowest BCUT2D eigenvalue weighted by Crippen LogP contribution is -2.43. The maximum absolute atomic E-state index is 12.6. The molecule has 2 nitrogen and oxygen atoms in total. The highest BCUT2D eigenvalue weighted by Crippen LogP contribution is 2.22. The molecule has 0 aliphatic carbocycles. The Labute approximate surface area is 86.0 Å². The number of rotatable bonds is 4. The molecule has 1 N–H and O–H groups in total. The van der Waals surface area contributed by atoms with Crippen molar-refractivity contribution < 1.29 is 22.3 Å². The van der Waals surface area contributed by atoms with Gasteiger partial charge in [0, 0.05) is 19.3 Å². The predicted molar refractivity (Wildman–Crippen MR) is 47.4 cm³/mol. The molecule has 1 aliphatic rings. The Morgan fingerprint density at radius 3 is 2.67 bits per heavy atom. The Balaban J connectivity index is 2.28. The summed E-state index contributed by atoms with van der Waals surface area (Å²) < 4.78 is 53.9. The lowest BCUT2D eigenvalue weighted by molar-refractivity contribution is -0.126. The van der Waals surface area contributed by atoms with Gasteiger partial charge in [0.25, 0.3) is 0 Å². The van der Waals surface area contributed by atoms with Gasteiger partial charge in [0.05, 0.1) is 6.54 Å². The van der Waals surface area contributed by atoms with Crippen LogP contribution in [0.15, 0.2) is 0 Å². The number of halogens is 4. The second kappa shape index (κ2) is 5.65. The molecule has 1 heterocycles. The fourth-order valence-corrected chi connectivity index (χ4v) is 1.47. The SMILES string of the molecule is FC(F)C(F)(F)CNC1CCCOCC1. The molecule has 1 unspecified atom stereocenters. The number of hydrogen-bond acceptors (Lipinski definition) is 2. The summed E-state index contributed by atoms with van der Waals surface area (Å²) in [5.74, 6) is -3.94. The van der Waals surface area contributed by atoms with E-state index in [4.69, 9.17) is 4.74 Å². The van der Waals surface area contributed by atoms with E-state index < -0.39 is 18.9 Å². The maximum Gasteiger partial charge on any atom is 0.319 e. The molecule has 1 aliphatic heterocycles. The fourth-order valence-electron chi connectivity index (χ4n) is 1.47. The third kappa shape index (κ3) is 4.34. The van der Waals surface area contributed by atoms with Crippen LogP contribution in [0, 0.1) is 0 Å². The van der Waals surface area contributed by atoms with Gasteiger partial charge in [0.2, 0.25) is 0 Å². The van der Waals surface area contributed by atoms with Crippen LogP contribution in [0.25, 0.3) is 0 Å². The highest BCUT2D eigenvalue weighted by molar-refractivity contribution is 4.77. The molecule has 0 aromatic rings. The molecule has 0 amide bonds. The molecule has 1 saturated heterocycles. The molecule has 0 saturated carbocycles. The quantitative estimate of drug-likeness (QED) is 0.745. The van der Waals surface area contributed by atoms with Crippen molar-refractivity contribution in [1.82, 2.24) is 5.32 Å². The summed E-state index contributed by atoms with van der Waals surface area (Å²) in [5.41, 5.74) is 0. The van der Waals surface area contributed by atoms with E-state index in [1.54, 1.807) is 0 Å². The summed E-state index contributed by atoms with van der Waals surface area (Å²) in [6.45, 7) is 0.149. The van der Waals surface area contributed by atoms with Gasteiger partial charge in [-0.15, -0.1) is 0 Å². The Bertz CT molecular complexity index is 181. The first-order chi connectivity index (χ1) is 7.02. The molecule has 6 heteroatoms. The van der Waals surface area contributed by atoms with E-state index in [-0.39, 0.29) is 6.04 Å². The molecular weight excluding hydrogens is 214 g/mol. The largest absolute Gasteiger partial charge is 0.381 e. The van der Waals surface area contributed by atoms with Crippen LogP contribution in [-0.2, 0) is 4.74 Å². The van der Waals surface area contributed by atoms with E-state index in [2.05, 4.69) is 5.32 Å². The van der Waals surface area contributed by atoms with E-state index >= 15 is 0 Å². The van der Waals surface area contributed by atoms with E-state index in [0.717, 1.165) is 6.42 Å². The average Bonchev–Trinajstić information content (AvgIpc) is 2.42. The van der Waals surface area contributed by atoms with E-state index in [1.807, 2.05) is 0 Å². The van der Waals surface area contributed by atoms with Gasteiger partial charge < -0.3 is 10.1 Å². The second-order valence-corrected chi connectivity index (χ2v) is 3.68. The van der Waals surface area contributed by atoms with Crippen LogP contribution in [-0.4, -0.2) is 38.1 Å². The first-order valence-electron chi connectivity index (χ1n) is 4.99. The highest BCUT2D eigenvalue weighted by atomic mass is 19.3. The zero-order valence-electron chi connectivity index (χ0n) is 8.32. The Morgan fingerprint density at radius 1 is 1.27 bits per heavy atom. The predicted octanol–water partition coefficient (Wildman–Crippen LogP) is 2.05. The summed E-state index contributed by atoms with van der Waals surface area (Å²) in [6.07, 6.45) is -1.54. The summed E-state index contributed by atoms with van der Waals surface area (Å²) >= 11 is 0. The van der Waals surface area contributed by atoms with Crippen LogP contribution >= 0.6 is 0 Å². The van der Waals surface area contributed by atoms with Gasteiger partial charge >= 0.3 is 12.3 Å². The lowest BCUT2D eigenvalue weighted by atomic mass is 10.1. The number of ether oxygens (including phenoxy) is 1. The molecule has 90 valence electrons. The Hall–Kier alpha value is -0.360. The molecule has 0 radical (unpaired) electrons. The minimum Gasteiger partial charge on any atom is -0.381 e.